The molecule has 2 nitrogen and oxygen atoms in total. The standard InChI is InChI=1S/C3H3N2S/c6-5-2-1-4-3-5/h1-3H. The van der Waals surface area contributed by atoms with Crippen molar-refractivity contribution in [2.45, 2.75) is 0 Å². The number of imidazole rings is 1. The van der Waals surface area contributed by atoms with E-state index in [9.17, 15) is 0 Å². The van der Waals surface area contributed by atoms with Gasteiger partial charge in [-0.1, -0.05) is 0 Å². The molecule has 3 heteroatoms. The molecule has 0 amide bonds. The third-order valence-corrected chi connectivity index (χ3v) is 0.696. The molecule has 0 saturated carbocycles. The smallest absolute Gasteiger partial charge is 0.109 e. The van der Waals surface area contributed by atoms with E-state index in [0.29, 0.717) is 0 Å². The fourth-order valence-corrected chi connectivity index (χ4v) is 0.356. The average Bonchev–Trinajstić information content (AvgIpc) is 1.86. The maximum atomic E-state index is 4.60. The van der Waals surface area contributed by atoms with Gasteiger partial charge in [-0.25, -0.2) is 4.98 Å². The van der Waals surface area contributed by atoms with Crippen LogP contribution in [0.5, 0.6) is 0 Å². The van der Waals surface area contributed by atoms with Crippen molar-refractivity contribution in [3.8, 4) is 0 Å². The fourth-order valence-electron chi connectivity index (χ4n) is 0.247. The lowest BCUT2D eigenvalue weighted by atomic mass is 11.0. The summed E-state index contributed by atoms with van der Waals surface area (Å²) in [5.41, 5.74) is 0. The van der Waals surface area contributed by atoms with Gasteiger partial charge in [-0.15, -0.1) is 0 Å². The third-order valence-electron chi connectivity index (χ3n) is 0.480. The van der Waals surface area contributed by atoms with E-state index >= 15 is 0 Å². The lowest BCUT2D eigenvalue weighted by molar-refractivity contribution is 1.25. The quantitative estimate of drug-likeness (QED) is 0.471. The van der Waals surface area contributed by atoms with Gasteiger partial charge in [0, 0.05) is 25.2 Å². The van der Waals surface area contributed by atoms with Crippen molar-refractivity contribution in [1.82, 2.24) is 8.96 Å². The molecule has 0 unspecified atom stereocenters. The van der Waals surface area contributed by atoms with Crippen LogP contribution in [0.2, 0.25) is 0 Å². The van der Waals surface area contributed by atoms with E-state index < -0.39 is 0 Å². The van der Waals surface area contributed by atoms with Gasteiger partial charge in [0.2, 0.25) is 0 Å². The van der Waals surface area contributed by atoms with Gasteiger partial charge in [-0.3, -0.25) is 3.97 Å². The molecule has 0 spiro atoms. The number of hydrogen-bond acceptors (Lipinski definition) is 1. The van der Waals surface area contributed by atoms with Crippen LogP contribution in [-0.2, 0) is 0 Å². The summed E-state index contributed by atoms with van der Waals surface area (Å²) >= 11 is 4.60. The highest BCUT2D eigenvalue weighted by Gasteiger charge is 1.72. The van der Waals surface area contributed by atoms with E-state index in [1.165, 1.54) is 3.97 Å². The van der Waals surface area contributed by atoms with Crippen LogP contribution in [0.25, 0.3) is 0 Å². The van der Waals surface area contributed by atoms with Gasteiger partial charge in [-0.05, 0) is 0 Å². The zero-order valence-corrected chi connectivity index (χ0v) is 3.85. The Hall–Kier alpha value is -0.570. The van der Waals surface area contributed by atoms with Crippen molar-refractivity contribution < 1.29 is 0 Å². The highest BCUT2D eigenvalue weighted by Crippen LogP contribution is 1.82. The largest absolute Gasteiger partial charge is 0.252 e. The minimum absolute atomic E-state index is 1.47. The van der Waals surface area contributed by atoms with E-state index in [1.807, 2.05) is 0 Å². The van der Waals surface area contributed by atoms with Gasteiger partial charge >= 0.3 is 0 Å². The van der Waals surface area contributed by atoms with E-state index in [-0.39, 0.29) is 0 Å². The maximum Gasteiger partial charge on any atom is 0.109 e. The zero-order valence-electron chi connectivity index (χ0n) is 3.03. The summed E-state index contributed by atoms with van der Waals surface area (Å²) in [6, 6.07) is 0. The monoisotopic (exact) mass is 99.0 g/mol. The average molecular weight is 99.1 g/mol. The minimum Gasteiger partial charge on any atom is -0.252 e. The van der Waals surface area contributed by atoms with Gasteiger partial charge < -0.3 is 0 Å². The van der Waals surface area contributed by atoms with Crippen molar-refractivity contribution in [2.24, 2.45) is 0 Å². The van der Waals surface area contributed by atoms with Crippen molar-refractivity contribution in [3.63, 3.8) is 0 Å². The topological polar surface area (TPSA) is 17.8 Å². The molecule has 0 atom stereocenters. The van der Waals surface area contributed by atoms with Gasteiger partial charge in [0.1, 0.15) is 6.33 Å². The molecule has 0 aromatic carbocycles. The Balaban J connectivity index is 3.05. The minimum atomic E-state index is 1.47. The van der Waals surface area contributed by atoms with Crippen LogP contribution < -0.4 is 0 Å². The Kier molecular flexibility index (Phi) is 0.759. The van der Waals surface area contributed by atoms with Crippen LogP contribution in [0.4, 0.5) is 0 Å². The molecule has 0 aliphatic carbocycles. The predicted molar refractivity (Wildman–Crippen MR) is 25.2 cm³/mol. The zero-order chi connectivity index (χ0) is 4.41. The molecule has 0 saturated heterocycles. The second-order valence-electron chi connectivity index (χ2n) is 0.923. The highest BCUT2D eigenvalue weighted by atomic mass is 32.1. The molecule has 1 aromatic heterocycles. The van der Waals surface area contributed by atoms with Crippen LogP contribution in [0.15, 0.2) is 18.7 Å². The molecule has 1 heterocycles. The lowest BCUT2D eigenvalue weighted by Gasteiger charge is -1.71. The summed E-state index contributed by atoms with van der Waals surface area (Å²) in [4.78, 5) is 3.68. The second kappa shape index (κ2) is 1.26. The number of nitrogens with zero attached hydrogens (tertiary/aromatic N) is 2. The van der Waals surface area contributed by atoms with Crippen molar-refractivity contribution in [2.75, 3.05) is 0 Å². The highest BCUT2D eigenvalue weighted by molar-refractivity contribution is 7.78. The molecule has 0 N–H and O–H groups in total. The number of rotatable bonds is 0. The van der Waals surface area contributed by atoms with Crippen LogP contribution in [0.1, 0.15) is 0 Å². The van der Waals surface area contributed by atoms with E-state index in [0.717, 1.165) is 0 Å². The number of hydrogen-bond donors (Lipinski definition) is 0. The van der Waals surface area contributed by atoms with Gasteiger partial charge in [0.05, 0.1) is 0 Å². The Morgan fingerprint density at radius 3 is 2.67 bits per heavy atom. The number of aromatic nitrogens is 2. The summed E-state index contributed by atoms with van der Waals surface area (Å²) in [5.74, 6) is 0. The van der Waals surface area contributed by atoms with Crippen molar-refractivity contribution in [1.29, 1.82) is 0 Å². The molecule has 0 bridgehead atoms. The van der Waals surface area contributed by atoms with Crippen LogP contribution >= 0.6 is 12.8 Å². The molecule has 1 aromatic rings. The van der Waals surface area contributed by atoms with Crippen LogP contribution in [-0.4, -0.2) is 8.96 Å². The second-order valence-corrected chi connectivity index (χ2v) is 1.34. The van der Waals surface area contributed by atoms with Crippen molar-refractivity contribution >= 4 is 12.8 Å². The molecule has 0 aliphatic rings. The van der Waals surface area contributed by atoms with E-state index in [1.54, 1.807) is 18.7 Å². The summed E-state index contributed by atoms with van der Waals surface area (Å²) < 4.78 is 1.47. The van der Waals surface area contributed by atoms with Gasteiger partial charge in [0.25, 0.3) is 0 Å². The van der Waals surface area contributed by atoms with Gasteiger partial charge in [0.15, 0.2) is 0 Å². The summed E-state index contributed by atoms with van der Waals surface area (Å²) in [7, 11) is 0. The Morgan fingerprint density at radius 1 is 1.67 bits per heavy atom. The molecule has 31 valence electrons. The first kappa shape index (κ1) is 3.61. The summed E-state index contributed by atoms with van der Waals surface area (Å²) in [5, 5.41) is 0. The Morgan fingerprint density at radius 2 is 2.50 bits per heavy atom. The Labute approximate surface area is 41.4 Å². The molecule has 0 fully saturated rings. The van der Waals surface area contributed by atoms with Crippen molar-refractivity contribution in [3.05, 3.63) is 18.7 Å². The summed E-state index contributed by atoms with van der Waals surface area (Å²) in [6.45, 7) is 0. The first-order valence-electron chi connectivity index (χ1n) is 1.55. The molecule has 1 radical (unpaired) electrons. The SMILES string of the molecule is [S]n1ccnc1. The van der Waals surface area contributed by atoms with Crippen LogP contribution in [0, 0.1) is 0 Å². The van der Waals surface area contributed by atoms with Crippen LogP contribution in [0.3, 0.4) is 0 Å². The van der Waals surface area contributed by atoms with Gasteiger partial charge in [-0.2, -0.15) is 0 Å². The Bertz CT molecular complexity index is 112. The fraction of sp³-hybridized carbons (Fsp3) is 0. The van der Waals surface area contributed by atoms with E-state index in [4.69, 9.17) is 0 Å². The lowest BCUT2D eigenvalue weighted by Crippen LogP contribution is -1.65. The predicted octanol–water partition coefficient (Wildman–Crippen LogP) is 0.844. The third kappa shape index (κ3) is 0.490. The molecule has 6 heavy (non-hydrogen) atoms. The molecule has 1 rings (SSSR count). The summed E-state index contributed by atoms with van der Waals surface area (Å²) in [6.07, 6.45) is 4.91. The first-order chi connectivity index (χ1) is 2.89. The first-order valence-corrected chi connectivity index (χ1v) is 1.91. The van der Waals surface area contributed by atoms with E-state index in [2.05, 4.69) is 17.8 Å². The normalized spacial score (nSPS) is 8.67. The molecule has 0 aliphatic heterocycles. The maximum absolute atomic E-state index is 4.60. The molecular weight excluding hydrogens is 96.1 g/mol. The molecular formula is C3H3N2S.